The van der Waals surface area contributed by atoms with Crippen LogP contribution in [0.1, 0.15) is 13.8 Å². The first-order chi connectivity index (χ1) is 5.54. The van der Waals surface area contributed by atoms with Crippen LogP contribution in [0.2, 0.25) is 0 Å². The number of nitrogens with zero attached hydrogens (tertiary/aromatic N) is 2. The van der Waals surface area contributed by atoms with Crippen LogP contribution in [0.25, 0.3) is 0 Å². The molecule has 0 bridgehead atoms. The second-order valence-electron chi connectivity index (χ2n) is 6.31. The summed E-state index contributed by atoms with van der Waals surface area (Å²) in [5.74, 6) is 0.764. The fourth-order valence-corrected chi connectivity index (χ4v) is 1.78. The fraction of sp³-hybridized carbons (Fsp3) is 1.00. The summed E-state index contributed by atoms with van der Waals surface area (Å²) in [5, 5.41) is 0. The molecule has 80 valence electrons. The molecule has 0 aromatic heterocycles. The molecule has 0 saturated carbocycles. The maximum absolute atomic E-state index is 2.36. The van der Waals surface area contributed by atoms with Gasteiger partial charge in [-0.3, -0.25) is 0 Å². The van der Waals surface area contributed by atoms with E-state index in [1.807, 2.05) is 0 Å². The summed E-state index contributed by atoms with van der Waals surface area (Å²) in [6.45, 7) is 5.95. The molecule has 0 aliphatic carbocycles. The van der Waals surface area contributed by atoms with Crippen LogP contribution in [0.5, 0.6) is 0 Å². The number of hydrogen-bond acceptors (Lipinski definition) is 0. The van der Waals surface area contributed by atoms with Crippen molar-refractivity contribution >= 4 is 0 Å². The lowest BCUT2D eigenvalue weighted by Gasteiger charge is -2.38. The maximum Gasteiger partial charge on any atom is 0.0935 e. The van der Waals surface area contributed by atoms with Crippen LogP contribution in [-0.2, 0) is 0 Å². The van der Waals surface area contributed by atoms with Gasteiger partial charge in [0, 0.05) is 0 Å². The fourth-order valence-electron chi connectivity index (χ4n) is 1.78. The van der Waals surface area contributed by atoms with Crippen LogP contribution in [0.15, 0.2) is 0 Å². The first-order valence-corrected chi connectivity index (χ1v) is 5.15. The molecule has 0 aliphatic heterocycles. The van der Waals surface area contributed by atoms with Crippen molar-refractivity contribution in [2.24, 2.45) is 5.92 Å². The number of rotatable bonds is 4. The lowest BCUT2D eigenvalue weighted by atomic mass is 10.0. The summed E-state index contributed by atoms with van der Waals surface area (Å²) in [4.78, 5) is 0. The zero-order valence-corrected chi connectivity index (χ0v) is 10.8. The van der Waals surface area contributed by atoms with E-state index in [1.165, 1.54) is 6.54 Å². The standard InChI is InChI=1S/C11H28N2/c1-10(9-12(3,4)5)11(2)13(6,7)8/h10-11H,9H2,1-8H3/q+2. The molecule has 2 atom stereocenters. The molecule has 0 aromatic carbocycles. The zero-order valence-electron chi connectivity index (χ0n) is 10.8. The molecule has 13 heavy (non-hydrogen) atoms. The van der Waals surface area contributed by atoms with Gasteiger partial charge in [0.05, 0.1) is 60.8 Å². The Balaban J connectivity index is 4.20. The molecule has 0 amide bonds. The minimum Gasteiger partial charge on any atom is -0.330 e. The first-order valence-electron chi connectivity index (χ1n) is 5.15. The van der Waals surface area contributed by atoms with Crippen molar-refractivity contribution in [3.8, 4) is 0 Å². The third kappa shape index (κ3) is 5.27. The molecule has 0 radical (unpaired) electrons. The Kier molecular flexibility index (Phi) is 3.95. The Hall–Kier alpha value is -0.0800. The SMILES string of the molecule is CC(C[N+](C)(C)C)C(C)[N+](C)(C)C. The largest absolute Gasteiger partial charge is 0.330 e. The normalized spacial score (nSPS) is 18.5. The molecular weight excluding hydrogens is 160 g/mol. The Labute approximate surface area is 84.3 Å². The van der Waals surface area contributed by atoms with E-state index in [2.05, 4.69) is 56.1 Å². The van der Waals surface area contributed by atoms with Gasteiger partial charge in [-0.05, 0) is 6.92 Å². The van der Waals surface area contributed by atoms with Crippen molar-refractivity contribution in [3.63, 3.8) is 0 Å². The summed E-state index contributed by atoms with van der Waals surface area (Å²) >= 11 is 0. The van der Waals surface area contributed by atoms with Gasteiger partial charge in [-0.15, -0.1) is 0 Å². The first kappa shape index (κ1) is 12.9. The molecule has 2 nitrogen and oxygen atoms in total. The van der Waals surface area contributed by atoms with Crippen molar-refractivity contribution in [3.05, 3.63) is 0 Å². The van der Waals surface area contributed by atoms with Gasteiger partial charge in [-0.2, -0.15) is 0 Å². The van der Waals surface area contributed by atoms with Gasteiger partial charge in [-0.25, -0.2) is 0 Å². The van der Waals surface area contributed by atoms with Crippen LogP contribution in [-0.4, -0.2) is 63.8 Å². The highest BCUT2D eigenvalue weighted by atomic mass is 15.3. The minimum atomic E-state index is 0.720. The molecule has 0 saturated heterocycles. The van der Waals surface area contributed by atoms with Gasteiger partial charge in [-0.1, -0.05) is 6.92 Å². The van der Waals surface area contributed by atoms with Crippen molar-refractivity contribution < 1.29 is 8.97 Å². The average molecular weight is 188 g/mol. The van der Waals surface area contributed by atoms with E-state index >= 15 is 0 Å². The average Bonchev–Trinajstić information content (AvgIpc) is 1.79. The lowest BCUT2D eigenvalue weighted by Crippen LogP contribution is -2.51. The predicted molar refractivity (Wildman–Crippen MR) is 59.6 cm³/mol. The van der Waals surface area contributed by atoms with E-state index in [0.717, 1.165) is 20.9 Å². The van der Waals surface area contributed by atoms with Crippen molar-refractivity contribution in [2.75, 3.05) is 48.8 Å². The molecule has 0 fully saturated rings. The Bertz CT molecular complexity index is 150. The van der Waals surface area contributed by atoms with Crippen molar-refractivity contribution in [2.45, 2.75) is 19.9 Å². The predicted octanol–water partition coefficient (Wildman–Crippen LogP) is 1.42. The second-order valence-corrected chi connectivity index (χ2v) is 6.31. The van der Waals surface area contributed by atoms with Gasteiger partial charge < -0.3 is 8.97 Å². The van der Waals surface area contributed by atoms with E-state index in [4.69, 9.17) is 0 Å². The topological polar surface area (TPSA) is 0 Å². The summed E-state index contributed by atoms with van der Waals surface area (Å²) in [6, 6.07) is 0.720. The lowest BCUT2D eigenvalue weighted by molar-refractivity contribution is -0.912. The molecular formula is C11H28N2+2. The summed E-state index contributed by atoms with van der Waals surface area (Å²) in [7, 11) is 13.6. The van der Waals surface area contributed by atoms with E-state index < -0.39 is 0 Å². The minimum absolute atomic E-state index is 0.720. The van der Waals surface area contributed by atoms with Crippen LogP contribution >= 0.6 is 0 Å². The molecule has 0 aliphatic rings. The Morgan fingerprint density at radius 3 is 1.46 bits per heavy atom. The monoisotopic (exact) mass is 188 g/mol. The third-order valence-electron chi connectivity index (χ3n) is 2.88. The van der Waals surface area contributed by atoms with Crippen LogP contribution in [0.3, 0.4) is 0 Å². The molecule has 0 aromatic rings. The summed E-state index contributed by atoms with van der Waals surface area (Å²) < 4.78 is 2.12. The molecule has 2 heteroatoms. The maximum atomic E-state index is 2.36. The van der Waals surface area contributed by atoms with Gasteiger partial charge in [0.2, 0.25) is 0 Å². The molecule has 0 spiro atoms. The van der Waals surface area contributed by atoms with E-state index in [-0.39, 0.29) is 0 Å². The molecule has 0 rings (SSSR count). The zero-order chi connectivity index (χ0) is 10.9. The van der Waals surface area contributed by atoms with E-state index in [1.54, 1.807) is 0 Å². The van der Waals surface area contributed by atoms with Gasteiger partial charge in [0.1, 0.15) is 0 Å². The molecule has 0 N–H and O–H groups in total. The third-order valence-corrected chi connectivity index (χ3v) is 2.88. The van der Waals surface area contributed by atoms with Crippen molar-refractivity contribution in [1.82, 2.24) is 0 Å². The highest BCUT2D eigenvalue weighted by Crippen LogP contribution is 2.15. The molecule has 2 unspecified atom stereocenters. The van der Waals surface area contributed by atoms with Crippen LogP contribution in [0, 0.1) is 5.92 Å². The van der Waals surface area contributed by atoms with E-state index in [9.17, 15) is 0 Å². The summed E-state index contributed by atoms with van der Waals surface area (Å²) in [6.07, 6.45) is 0. The van der Waals surface area contributed by atoms with Crippen LogP contribution in [0.4, 0.5) is 0 Å². The number of hydrogen-bond donors (Lipinski definition) is 0. The van der Waals surface area contributed by atoms with Gasteiger partial charge >= 0.3 is 0 Å². The van der Waals surface area contributed by atoms with Crippen molar-refractivity contribution in [1.29, 1.82) is 0 Å². The Morgan fingerprint density at radius 1 is 0.846 bits per heavy atom. The van der Waals surface area contributed by atoms with E-state index in [0.29, 0.717) is 0 Å². The second kappa shape index (κ2) is 3.97. The van der Waals surface area contributed by atoms with Gasteiger partial charge in [0.25, 0.3) is 0 Å². The highest BCUT2D eigenvalue weighted by Gasteiger charge is 2.28. The Morgan fingerprint density at radius 2 is 1.23 bits per heavy atom. The highest BCUT2D eigenvalue weighted by molar-refractivity contribution is 4.59. The van der Waals surface area contributed by atoms with Crippen LogP contribution < -0.4 is 0 Å². The van der Waals surface area contributed by atoms with Gasteiger partial charge in [0.15, 0.2) is 0 Å². The summed E-state index contributed by atoms with van der Waals surface area (Å²) in [5.41, 5.74) is 0. The smallest absolute Gasteiger partial charge is 0.0935 e. The number of quaternary nitrogens is 2. The quantitative estimate of drug-likeness (QED) is 0.585. The molecule has 0 heterocycles.